The smallest absolute Gasteiger partial charge is 0.193 e. The van der Waals surface area contributed by atoms with Crippen molar-refractivity contribution < 1.29 is 9.52 Å². The van der Waals surface area contributed by atoms with Crippen LogP contribution in [0.25, 0.3) is 0 Å². The molecule has 5 nitrogen and oxygen atoms in total. The Kier molecular flexibility index (Phi) is 4.10. The molecule has 0 saturated carbocycles. The number of fused-ring (bicyclic) bond motifs is 1. The Morgan fingerprint density at radius 3 is 3.15 bits per heavy atom. The number of aliphatic hydroxyl groups excluding tert-OH is 1. The summed E-state index contributed by atoms with van der Waals surface area (Å²) in [6, 6.07) is 3.92. The molecule has 108 valence electrons. The molecule has 2 heterocycles. The molecule has 1 aliphatic carbocycles. The summed E-state index contributed by atoms with van der Waals surface area (Å²) in [5, 5.41) is 17.3. The van der Waals surface area contributed by atoms with Crippen molar-refractivity contribution in [2.45, 2.75) is 38.4 Å². The highest BCUT2D eigenvalue weighted by Crippen LogP contribution is 2.30. The van der Waals surface area contributed by atoms with Crippen molar-refractivity contribution in [1.29, 1.82) is 0 Å². The number of aromatic nitrogens is 2. The summed E-state index contributed by atoms with van der Waals surface area (Å²) in [5.74, 6) is 0.838. The normalized spacial score (nSPS) is 18.2. The second-order valence-corrected chi connectivity index (χ2v) is 5.40. The number of nitrogens with zero attached hydrogens (tertiary/aromatic N) is 2. The van der Waals surface area contributed by atoms with Crippen LogP contribution in [0.2, 0.25) is 5.22 Å². The van der Waals surface area contributed by atoms with Crippen LogP contribution >= 0.6 is 11.6 Å². The Bertz CT molecular complexity index is 579. The van der Waals surface area contributed by atoms with Gasteiger partial charge in [0, 0.05) is 17.3 Å². The predicted octanol–water partition coefficient (Wildman–Crippen LogP) is 2.29. The number of rotatable bonds is 5. The van der Waals surface area contributed by atoms with Crippen molar-refractivity contribution >= 4 is 11.6 Å². The molecule has 0 spiro atoms. The highest BCUT2D eigenvalue weighted by atomic mass is 35.5. The Balaban J connectivity index is 1.70. The quantitative estimate of drug-likeness (QED) is 0.888. The first-order chi connectivity index (χ1) is 9.78. The van der Waals surface area contributed by atoms with Crippen molar-refractivity contribution in [3.8, 4) is 0 Å². The van der Waals surface area contributed by atoms with E-state index in [1.165, 1.54) is 11.3 Å². The molecule has 1 atom stereocenters. The Morgan fingerprint density at radius 2 is 2.40 bits per heavy atom. The van der Waals surface area contributed by atoms with Crippen LogP contribution in [0.3, 0.4) is 0 Å². The maximum absolute atomic E-state index is 9.06. The number of nitrogens with one attached hydrogen (secondary N) is 1. The van der Waals surface area contributed by atoms with Gasteiger partial charge in [-0.2, -0.15) is 5.10 Å². The van der Waals surface area contributed by atoms with Gasteiger partial charge in [0.05, 0.1) is 25.9 Å². The fourth-order valence-electron chi connectivity index (χ4n) is 2.79. The van der Waals surface area contributed by atoms with Gasteiger partial charge in [-0.15, -0.1) is 0 Å². The van der Waals surface area contributed by atoms with Crippen LogP contribution in [0.1, 0.15) is 35.9 Å². The number of hydrogen-bond donors (Lipinski definition) is 2. The molecular formula is C14H18ClN3O2. The number of aliphatic hydroxyl groups is 1. The zero-order valence-electron chi connectivity index (χ0n) is 11.2. The van der Waals surface area contributed by atoms with Gasteiger partial charge in [0.1, 0.15) is 5.76 Å². The zero-order valence-corrected chi connectivity index (χ0v) is 11.9. The average molecular weight is 296 g/mol. The summed E-state index contributed by atoms with van der Waals surface area (Å²) in [5.41, 5.74) is 2.47. The first-order valence-corrected chi connectivity index (χ1v) is 7.29. The summed E-state index contributed by atoms with van der Waals surface area (Å²) in [6.07, 6.45) is 5.16. The van der Waals surface area contributed by atoms with E-state index in [2.05, 4.69) is 10.4 Å². The third kappa shape index (κ3) is 2.75. The van der Waals surface area contributed by atoms with E-state index in [-0.39, 0.29) is 12.6 Å². The Morgan fingerprint density at radius 1 is 1.50 bits per heavy atom. The fourth-order valence-corrected chi connectivity index (χ4v) is 2.95. The van der Waals surface area contributed by atoms with Crippen LogP contribution < -0.4 is 5.32 Å². The third-order valence-electron chi connectivity index (χ3n) is 3.73. The Labute approximate surface area is 122 Å². The number of hydrogen-bond acceptors (Lipinski definition) is 4. The first-order valence-electron chi connectivity index (χ1n) is 6.91. The van der Waals surface area contributed by atoms with Crippen LogP contribution in [0.5, 0.6) is 0 Å². The minimum Gasteiger partial charge on any atom is -0.448 e. The predicted molar refractivity (Wildman–Crippen MR) is 75.5 cm³/mol. The number of furan rings is 1. The van der Waals surface area contributed by atoms with Crippen LogP contribution in [0.4, 0.5) is 0 Å². The van der Waals surface area contributed by atoms with E-state index in [9.17, 15) is 0 Å². The van der Waals surface area contributed by atoms with Gasteiger partial charge in [-0.1, -0.05) is 0 Å². The molecule has 0 fully saturated rings. The van der Waals surface area contributed by atoms with Gasteiger partial charge < -0.3 is 14.8 Å². The monoisotopic (exact) mass is 295 g/mol. The standard InChI is InChI=1S/C14H18ClN3O2/c15-14-5-4-10(20-14)8-16-12-2-1-3-13-11(12)9-17-18(13)6-7-19/h4-5,9,12,16,19H,1-3,6-8H2. The topological polar surface area (TPSA) is 63.2 Å². The fraction of sp³-hybridized carbons (Fsp3) is 0.500. The van der Waals surface area contributed by atoms with Crippen LogP contribution in [0.15, 0.2) is 22.7 Å². The SMILES string of the molecule is OCCn1ncc2c1CCCC2NCc1ccc(Cl)o1. The molecule has 2 aromatic rings. The maximum atomic E-state index is 9.06. The molecule has 0 saturated heterocycles. The summed E-state index contributed by atoms with van der Waals surface area (Å²) < 4.78 is 7.26. The molecule has 0 aliphatic heterocycles. The summed E-state index contributed by atoms with van der Waals surface area (Å²) in [7, 11) is 0. The molecule has 3 rings (SSSR count). The van der Waals surface area contributed by atoms with Crippen molar-refractivity contribution in [1.82, 2.24) is 15.1 Å². The maximum Gasteiger partial charge on any atom is 0.193 e. The second kappa shape index (κ2) is 5.99. The minimum absolute atomic E-state index is 0.122. The van der Waals surface area contributed by atoms with Crippen molar-refractivity contribution in [2.24, 2.45) is 0 Å². The summed E-state index contributed by atoms with van der Waals surface area (Å²) >= 11 is 5.77. The highest BCUT2D eigenvalue weighted by Gasteiger charge is 2.23. The molecule has 0 aromatic carbocycles. The molecule has 20 heavy (non-hydrogen) atoms. The first kappa shape index (κ1) is 13.7. The van der Waals surface area contributed by atoms with Crippen LogP contribution in [0, 0.1) is 0 Å². The highest BCUT2D eigenvalue weighted by molar-refractivity contribution is 6.28. The number of halogens is 1. The summed E-state index contributed by atoms with van der Waals surface area (Å²) in [6.45, 7) is 1.34. The lowest BCUT2D eigenvalue weighted by Gasteiger charge is -2.24. The van der Waals surface area contributed by atoms with E-state index >= 15 is 0 Å². The summed E-state index contributed by atoms with van der Waals surface area (Å²) in [4.78, 5) is 0. The molecule has 0 bridgehead atoms. The van der Waals surface area contributed by atoms with E-state index in [4.69, 9.17) is 21.1 Å². The molecule has 0 radical (unpaired) electrons. The zero-order chi connectivity index (χ0) is 13.9. The van der Waals surface area contributed by atoms with Crippen LogP contribution in [-0.2, 0) is 19.5 Å². The van der Waals surface area contributed by atoms with E-state index in [0.717, 1.165) is 25.0 Å². The van der Waals surface area contributed by atoms with E-state index in [0.29, 0.717) is 18.3 Å². The lowest BCUT2D eigenvalue weighted by Crippen LogP contribution is -2.25. The molecule has 1 unspecified atom stereocenters. The van der Waals surface area contributed by atoms with Gasteiger partial charge in [-0.3, -0.25) is 4.68 Å². The van der Waals surface area contributed by atoms with Gasteiger partial charge in [-0.25, -0.2) is 0 Å². The van der Waals surface area contributed by atoms with E-state index < -0.39 is 0 Å². The lowest BCUT2D eigenvalue weighted by atomic mass is 9.93. The van der Waals surface area contributed by atoms with Crippen molar-refractivity contribution in [3.05, 3.63) is 40.6 Å². The van der Waals surface area contributed by atoms with Crippen molar-refractivity contribution in [2.75, 3.05) is 6.61 Å². The molecule has 1 aliphatic rings. The lowest BCUT2D eigenvalue weighted by molar-refractivity contribution is 0.266. The van der Waals surface area contributed by atoms with Gasteiger partial charge in [-0.05, 0) is 43.0 Å². The van der Waals surface area contributed by atoms with Gasteiger partial charge >= 0.3 is 0 Å². The van der Waals surface area contributed by atoms with Gasteiger partial charge in [0.25, 0.3) is 0 Å². The minimum atomic E-state index is 0.122. The Hall–Kier alpha value is -1.30. The van der Waals surface area contributed by atoms with Crippen LogP contribution in [-0.4, -0.2) is 21.5 Å². The second-order valence-electron chi connectivity index (χ2n) is 5.02. The third-order valence-corrected chi connectivity index (χ3v) is 3.93. The van der Waals surface area contributed by atoms with E-state index in [1.807, 2.05) is 16.9 Å². The molecule has 2 aromatic heterocycles. The van der Waals surface area contributed by atoms with Gasteiger partial charge in [0.15, 0.2) is 5.22 Å². The molecule has 2 N–H and O–H groups in total. The van der Waals surface area contributed by atoms with Gasteiger partial charge in [0.2, 0.25) is 0 Å². The largest absolute Gasteiger partial charge is 0.448 e. The van der Waals surface area contributed by atoms with Crippen molar-refractivity contribution in [3.63, 3.8) is 0 Å². The average Bonchev–Trinajstić information content (AvgIpc) is 3.04. The van der Waals surface area contributed by atoms with E-state index in [1.54, 1.807) is 6.07 Å². The molecule has 0 amide bonds. The molecule has 6 heteroatoms. The molecular weight excluding hydrogens is 278 g/mol.